The van der Waals surface area contributed by atoms with Gasteiger partial charge in [0.2, 0.25) is 0 Å². The van der Waals surface area contributed by atoms with Gasteiger partial charge in [0.15, 0.2) is 0 Å². The fourth-order valence-electron chi connectivity index (χ4n) is 2.00. The molecular weight excluding hydrogens is 250 g/mol. The molecule has 0 fully saturated rings. The van der Waals surface area contributed by atoms with E-state index in [0.717, 1.165) is 12.2 Å². The lowest BCUT2D eigenvalue weighted by Crippen LogP contribution is -2.44. The molecule has 1 amide bonds. The number of carbonyl (C=O) groups is 1. The highest BCUT2D eigenvalue weighted by Crippen LogP contribution is 2.14. The molecule has 0 radical (unpaired) electrons. The maximum Gasteiger partial charge on any atom is 0.260 e. The number of nitrogens with zero attached hydrogens (tertiary/aromatic N) is 2. The van der Waals surface area contributed by atoms with E-state index in [0.29, 0.717) is 5.69 Å². The number of benzene rings is 2. The van der Waals surface area contributed by atoms with Crippen molar-refractivity contribution in [3.63, 3.8) is 0 Å². The van der Waals surface area contributed by atoms with Gasteiger partial charge in [-0.05, 0) is 31.2 Å². The Morgan fingerprint density at radius 2 is 1.45 bits per heavy atom. The minimum absolute atomic E-state index is 0.137. The average Bonchev–Trinajstić information content (AvgIpc) is 2.53. The van der Waals surface area contributed by atoms with Crippen LogP contribution in [0.5, 0.6) is 0 Å². The zero-order valence-corrected chi connectivity index (χ0v) is 11.6. The average molecular weight is 269 g/mol. The second kappa shape index (κ2) is 6.73. The Labute approximate surface area is 119 Å². The van der Waals surface area contributed by atoms with E-state index >= 15 is 0 Å². The summed E-state index contributed by atoms with van der Waals surface area (Å²) in [6.45, 7) is 3.02. The second-order valence-electron chi connectivity index (χ2n) is 4.45. The lowest BCUT2D eigenvalue weighted by molar-refractivity contribution is -0.117. The van der Waals surface area contributed by atoms with Crippen LogP contribution in [0, 0.1) is 0 Å². The molecule has 20 heavy (non-hydrogen) atoms. The number of rotatable bonds is 5. The van der Waals surface area contributed by atoms with Crippen LogP contribution in [0.2, 0.25) is 0 Å². The Hall–Kier alpha value is -2.33. The molecule has 0 spiro atoms. The van der Waals surface area contributed by atoms with Crippen LogP contribution >= 0.6 is 0 Å². The Morgan fingerprint density at radius 3 is 1.95 bits per heavy atom. The maximum atomic E-state index is 12.2. The van der Waals surface area contributed by atoms with Crippen LogP contribution in [0.4, 0.5) is 11.4 Å². The van der Waals surface area contributed by atoms with Crippen molar-refractivity contribution < 1.29 is 4.79 Å². The molecule has 2 N–H and O–H groups in total. The molecule has 0 aliphatic carbocycles. The number of hydrogen-bond donors (Lipinski definition) is 1. The predicted molar refractivity (Wildman–Crippen MR) is 82.4 cm³/mol. The van der Waals surface area contributed by atoms with Gasteiger partial charge in [0.25, 0.3) is 5.91 Å². The normalized spacial score (nSPS) is 10.1. The monoisotopic (exact) mass is 269 g/mol. The minimum Gasteiger partial charge on any atom is -0.362 e. The van der Waals surface area contributed by atoms with Crippen LogP contribution in [0.3, 0.4) is 0 Å². The van der Waals surface area contributed by atoms with Crippen molar-refractivity contribution in [3.8, 4) is 0 Å². The van der Waals surface area contributed by atoms with E-state index in [1.807, 2.05) is 72.5 Å². The lowest BCUT2D eigenvalue weighted by atomic mass is 10.2. The van der Waals surface area contributed by atoms with E-state index in [-0.39, 0.29) is 12.5 Å². The van der Waals surface area contributed by atoms with Crippen molar-refractivity contribution in [1.29, 1.82) is 0 Å². The SMILES string of the molecule is CCN(CC(=O)N(N)c1ccccc1)c1ccccc1. The number of nitrogens with two attached hydrogens (primary N) is 1. The first-order chi connectivity index (χ1) is 9.72. The van der Waals surface area contributed by atoms with Crippen LogP contribution in [0.1, 0.15) is 6.92 Å². The number of hydrazine groups is 1. The molecule has 0 saturated carbocycles. The smallest absolute Gasteiger partial charge is 0.260 e. The predicted octanol–water partition coefficient (Wildman–Crippen LogP) is 2.42. The topological polar surface area (TPSA) is 49.6 Å². The van der Waals surface area contributed by atoms with E-state index < -0.39 is 0 Å². The highest BCUT2D eigenvalue weighted by atomic mass is 16.2. The highest BCUT2D eigenvalue weighted by Gasteiger charge is 2.15. The van der Waals surface area contributed by atoms with Crippen molar-refractivity contribution in [2.45, 2.75) is 6.92 Å². The molecule has 2 aromatic carbocycles. The standard InChI is InChI=1S/C16H19N3O/c1-2-18(14-9-5-3-6-10-14)13-16(20)19(17)15-11-7-4-8-12-15/h3-12H,2,13,17H2,1H3. The van der Waals surface area contributed by atoms with Gasteiger partial charge >= 0.3 is 0 Å². The maximum absolute atomic E-state index is 12.2. The Balaban J connectivity index is 2.06. The molecule has 0 atom stereocenters. The molecule has 4 heteroatoms. The Morgan fingerprint density at radius 1 is 0.950 bits per heavy atom. The molecule has 2 aromatic rings. The summed E-state index contributed by atoms with van der Waals surface area (Å²) in [6, 6.07) is 19.1. The number of carbonyl (C=O) groups excluding carboxylic acids is 1. The van der Waals surface area contributed by atoms with E-state index in [1.54, 1.807) is 0 Å². The quantitative estimate of drug-likeness (QED) is 0.515. The fraction of sp³-hybridized carbons (Fsp3) is 0.188. The van der Waals surface area contributed by atoms with E-state index in [2.05, 4.69) is 0 Å². The van der Waals surface area contributed by atoms with E-state index in [4.69, 9.17) is 5.84 Å². The van der Waals surface area contributed by atoms with Gasteiger partial charge in [0.05, 0.1) is 12.2 Å². The van der Waals surface area contributed by atoms with E-state index in [1.165, 1.54) is 5.01 Å². The van der Waals surface area contributed by atoms with Gasteiger partial charge in [-0.3, -0.25) is 4.79 Å². The Kier molecular flexibility index (Phi) is 4.74. The fourth-order valence-corrected chi connectivity index (χ4v) is 2.00. The van der Waals surface area contributed by atoms with Crippen LogP contribution in [-0.4, -0.2) is 19.0 Å². The summed E-state index contributed by atoms with van der Waals surface area (Å²) < 4.78 is 0. The largest absolute Gasteiger partial charge is 0.362 e. The summed E-state index contributed by atoms with van der Waals surface area (Å²) in [5, 5.41) is 1.20. The van der Waals surface area contributed by atoms with Crippen LogP contribution < -0.4 is 15.8 Å². The zero-order chi connectivity index (χ0) is 14.4. The summed E-state index contributed by atoms with van der Waals surface area (Å²) in [5.41, 5.74) is 1.71. The lowest BCUT2D eigenvalue weighted by Gasteiger charge is -2.25. The third kappa shape index (κ3) is 3.36. The van der Waals surface area contributed by atoms with Crippen molar-refractivity contribution in [2.24, 2.45) is 5.84 Å². The second-order valence-corrected chi connectivity index (χ2v) is 4.45. The van der Waals surface area contributed by atoms with Crippen molar-refractivity contribution in [1.82, 2.24) is 0 Å². The molecule has 0 aromatic heterocycles. The van der Waals surface area contributed by atoms with Gasteiger partial charge in [-0.2, -0.15) is 0 Å². The first-order valence-electron chi connectivity index (χ1n) is 6.65. The van der Waals surface area contributed by atoms with Gasteiger partial charge in [0, 0.05) is 12.2 Å². The van der Waals surface area contributed by atoms with Crippen LogP contribution in [0.25, 0.3) is 0 Å². The molecule has 0 unspecified atom stereocenters. The third-order valence-corrected chi connectivity index (χ3v) is 3.13. The minimum atomic E-state index is -0.137. The first-order valence-corrected chi connectivity index (χ1v) is 6.65. The van der Waals surface area contributed by atoms with Gasteiger partial charge in [-0.25, -0.2) is 10.9 Å². The molecule has 0 saturated heterocycles. The number of para-hydroxylation sites is 2. The molecule has 0 bridgehead atoms. The molecular formula is C16H19N3O. The van der Waals surface area contributed by atoms with Gasteiger partial charge in [-0.1, -0.05) is 36.4 Å². The van der Waals surface area contributed by atoms with Gasteiger partial charge in [0.1, 0.15) is 0 Å². The molecule has 2 rings (SSSR count). The van der Waals surface area contributed by atoms with Crippen molar-refractivity contribution in [3.05, 3.63) is 60.7 Å². The van der Waals surface area contributed by atoms with Crippen LogP contribution in [0.15, 0.2) is 60.7 Å². The molecule has 4 nitrogen and oxygen atoms in total. The number of anilines is 2. The van der Waals surface area contributed by atoms with E-state index in [9.17, 15) is 4.79 Å². The van der Waals surface area contributed by atoms with Gasteiger partial charge < -0.3 is 4.90 Å². The van der Waals surface area contributed by atoms with Crippen molar-refractivity contribution in [2.75, 3.05) is 23.0 Å². The molecule has 0 aliphatic heterocycles. The first kappa shape index (κ1) is 14.1. The summed E-state index contributed by atoms with van der Waals surface area (Å²) in [5.74, 6) is 5.74. The zero-order valence-electron chi connectivity index (χ0n) is 11.6. The molecule has 0 aliphatic rings. The third-order valence-electron chi connectivity index (χ3n) is 3.13. The summed E-state index contributed by atoms with van der Waals surface area (Å²) in [4.78, 5) is 14.2. The molecule has 104 valence electrons. The van der Waals surface area contributed by atoms with Crippen LogP contribution in [-0.2, 0) is 4.79 Å². The summed E-state index contributed by atoms with van der Waals surface area (Å²) in [6.07, 6.45) is 0. The number of amides is 1. The number of likely N-dealkylation sites (N-methyl/N-ethyl adjacent to an activating group) is 1. The summed E-state index contributed by atoms with van der Waals surface area (Å²) in [7, 11) is 0. The highest BCUT2D eigenvalue weighted by molar-refractivity contribution is 5.95. The Bertz CT molecular complexity index is 542. The molecule has 0 heterocycles. The number of hydrogen-bond acceptors (Lipinski definition) is 3. The summed E-state index contributed by atoms with van der Waals surface area (Å²) >= 11 is 0. The van der Waals surface area contributed by atoms with Crippen molar-refractivity contribution >= 4 is 17.3 Å². The van der Waals surface area contributed by atoms with Gasteiger partial charge in [-0.15, -0.1) is 0 Å².